The van der Waals surface area contributed by atoms with Crippen LogP contribution in [0.5, 0.6) is 0 Å². The Morgan fingerprint density at radius 2 is 1.09 bits per heavy atom. The Kier molecular flexibility index (Phi) is 5.47. The molecule has 0 saturated carbocycles. The van der Waals surface area contributed by atoms with Gasteiger partial charge in [-0.3, -0.25) is 0 Å². The maximum Gasteiger partial charge on any atom is 0.160 e. The quantitative estimate of drug-likeness (QED) is 0.214. The highest BCUT2D eigenvalue weighted by molar-refractivity contribution is 6.21. The van der Waals surface area contributed by atoms with Crippen LogP contribution in [0.15, 0.2) is 156 Å². The van der Waals surface area contributed by atoms with E-state index in [-0.39, 0.29) is 0 Å². The van der Waals surface area contributed by atoms with Gasteiger partial charge >= 0.3 is 0 Å². The summed E-state index contributed by atoms with van der Waals surface area (Å²) in [4.78, 5) is 10.1. The van der Waals surface area contributed by atoms with Gasteiger partial charge in [0.15, 0.2) is 11.4 Å². The number of para-hydroxylation sites is 2. The molecular weight excluding hydrogens is 538 g/mol. The monoisotopic (exact) mass is 563 g/mol. The molecule has 0 amide bonds. The van der Waals surface area contributed by atoms with Crippen LogP contribution in [0.4, 0.5) is 0 Å². The van der Waals surface area contributed by atoms with E-state index in [0.717, 1.165) is 72.1 Å². The van der Waals surface area contributed by atoms with Crippen molar-refractivity contribution in [2.75, 3.05) is 0 Å². The van der Waals surface area contributed by atoms with Gasteiger partial charge in [-0.1, -0.05) is 115 Å². The van der Waals surface area contributed by atoms with E-state index in [4.69, 9.17) is 14.4 Å². The molecule has 0 saturated heterocycles. The minimum atomic E-state index is 0.702. The number of rotatable bonds is 4. The Labute approximate surface area is 253 Å². The predicted molar refractivity (Wildman–Crippen MR) is 180 cm³/mol. The normalized spacial score (nSPS) is 11.6. The number of benzene rings is 6. The molecule has 0 radical (unpaired) electrons. The lowest BCUT2D eigenvalue weighted by molar-refractivity contribution is 0.671. The van der Waals surface area contributed by atoms with Crippen LogP contribution in [-0.4, -0.2) is 14.5 Å². The summed E-state index contributed by atoms with van der Waals surface area (Å²) in [6.45, 7) is 0. The Morgan fingerprint density at radius 1 is 0.455 bits per heavy atom. The van der Waals surface area contributed by atoms with Crippen molar-refractivity contribution < 1.29 is 4.42 Å². The SMILES string of the molecule is c1ccc(-c2cc(-c3cccc(-n4c5ccccc5c5ccc6c7ccccc7oc6c54)c3)nc(-c3ccccc3)n2)cc1. The number of fused-ring (bicyclic) bond motifs is 7. The molecule has 4 heteroatoms. The first kappa shape index (κ1) is 24.6. The second-order valence-electron chi connectivity index (χ2n) is 11.0. The minimum Gasteiger partial charge on any atom is -0.454 e. The fourth-order valence-corrected chi connectivity index (χ4v) is 6.37. The minimum absolute atomic E-state index is 0.702. The van der Waals surface area contributed by atoms with E-state index >= 15 is 0 Å². The summed E-state index contributed by atoms with van der Waals surface area (Å²) < 4.78 is 8.89. The third-order valence-corrected chi connectivity index (χ3v) is 8.41. The fourth-order valence-electron chi connectivity index (χ4n) is 6.37. The van der Waals surface area contributed by atoms with Gasteiger partial charge in [-0.2, -0.15) is 0 Å². The zero-order chi connectivity index (χ0) is 29.0. The summed E-state index contributed by atoms with van der Waals surface area (Å²) in [7, 11) is 0. The van der Waals surface area contributed by atoms with Crippen molar-refractivity contribution in [2.45, 2.75) is 0 Å². The van der Waals surface area contributed by atoms with E-state index < -0.39 is 0 Å². The number of furan rings is 1. The van der Waals surface area contributed by atoms with Crippen LogP contribution in [-0.2, 0) is 0 Å². The molecule has 9 aromatic rings. The third kappa shape index (κ3) is 3.85. The molecule has 0 aliphatic carbocycles. The van der Waals surface area contributed by atoms with Crippen molar-refractivity contribution in [1.29, 1.82) is 0 Å². The molecular formula is C40H25N3O. The first-order valence-corrected chi connectivity index (χ1v) is 14.8. The van der Waals surface area contributed by atoms with Gasteiger partial charge in [0.1, 0.15) is 5.58 Å². The topological polar surface area (TPSA) is 43.9 Å². The molecule has 44 heavy (non-hydrogen) atoms. The highest BCUT2D eigenvalue weighted by Gasteiger charge is 2.19. The number of aromatic nitrogens is 3. The van der Waals surface area contributed by atoms with Crippen LogP contribution in [0.3, 0.4) is 0 Å². The average molecular weight is 564 g/mol. The molecule has 3 aromatic heterocycles. The lowest BCUT2D eigenvalue weighted by Crippen LogP contribution is -1.98. The maximum absolute atomic E-state index is 6.56. The maximum atomic E-state index is 6.56. The Morgan fingerprint density at radius 3 is 1.91 bits per heavy atom. The lowest BCUT2D eigenvalue weighted by Gasteiger charge is -2.12. The van der Waals surface area contributed by atoms with Crippen LogP contribution >= 0.6 is 0 Å². The summed E-state index contributed by atoms with van der Waals surface area (Å²) >= 11 is 0. The van der Waals surface area contributed by atoms with Crippen LogP contribution in [0.25, 0.3) is 83.3 Å². The second-order valence-corrected chi connectivity index (χ2v) is 11.0. The molecule has 9 rings (SSSR count). The Balaban J connectivity index is 1.30. The van der Waals surface area contributed by atoms with Crippen LogP contribution in [0, 0.1) is 0 Å². The predicted octanol–water partition coefficient (Wildman–Crippen LogP) is 10.5. The van der Waals surface area contributed by atoms with Crippen molar-refractivity contribution >= 4 is 43.7 Å². The fraction of sp³-hybridized carbons (Fsp3) is 0. The molecule has 0 atom stereocenters. The molecule has 0 spiro atoms. The van der Waals surface area contributed by atoms with E-state index in [1.165, 1.54) is 5.39 Å². The van der Waals surface area contributed by atoms with Crippen molar-refractivity contribution in [3.8, 4) is 39.6 Å². The van der Waals surface area contributed by atoms with Crippen molar-refractivity contribution in [3.63, 3.8) is 0 Å². The smallest absolute Gasteiger partial charge is 0.160 e. The zero-order valence-corrected chi connectivity index (χ0v) is 23.7. The first-order chi connectivity index (χ1) is 21.8. The van der Waals surface area contributed by atoms with Gasteiger partial charge in [0.2, 0.25) is 0 Å². The van der Waals surface area contributed by atoms with Crippen LogP contribution < -0.4 is 0 Å². The lowest BCUT2D eigenvalue weighted by atomic mass is 10.1. The summed E-state index contributed by atoms with van der Waals surface area (Å²) in [5.41, 5.74) is 9.84. The standard InChI is InChI=1S/C40H25N3O/c1-3-12-26(13-4-1)34-25-35(42-40(41-34)27-14-5-2-6-15-27)28-16-11-17-29(24-28)43-36-20-9-7-18-30(36)32-22-23-33-31-19-8-10-21-37(31)44-39(33)38(32)43/h1-25H. The Bertz CT molecular complexity index is 2430. The molecule has 6 aromatic carbocycles. The van der Waals surface area contributed by atoms with Crippen molar-refractivity contribution in [1.82, 2.24) is 14.5 Å². The molecule has 0 aliphatic heterocycles. The van der Waals surface area contributed by atoms with Crippen LogP contribution in [0.1, 0.15) is 0 Å². The highest BCUT2D eigenvalue weighted by atomic mass is 16.3. The van der Waals surface area contributed by atoms with E-state index in [1.807, 2.05) is 48.5 Å². The van der Waals surface area contributed by atoms with Crippen LogP contribution in [0.2, 0.25) is 0 Å². The van der Waals surface area contributed by atoms with E-state index in [1.54, 1.807) is 0 Å². The molecule has 0 unspecified atom stereocenters. The molecule has 0 fully saturated rings. The molecule has 206 valence electrons. The van der Waals surface area contributed by atoms with Gasteiger partial charge in [0.25, 0.3) is 0 Å². The van der Waals surface area contributed by atoms with Gasteiger partial charge < -0.3 is 8.98 Å². The molecule has 0 bridgehead atoms. The van der Waals surface area contributed by atoms with Gasteiger partial charge in [-0.05, 0) is 36.4 Å². The van der Waals surface area contributed by atoms with Crippen molar-refractivity contribution in [3.05, 3.63) is 152 Å². The molecule has 4 nitrogen and oxygen atoms in total. The van der Waals surface area contributed by atoms with Gasteiger partial charge in [-0.15, -0.1) is 0 Å². The summed E-state index contributed by atoms with van der Waals surface area (Å²) in [6, 6.07) is 52.4. The first-order valence-electron chi connectivity index (χ1n) is 14.8. The zero-order valence-electron chi connectivity index (χ0n) is 23.7. The van der Waals surface area contributed by atoms with Crippen molar-refractivity contribution in [2.24, 2.45) is 0 Å². The molecule has 3 heterocycles. The highest BCUT2D eigenvalue weighted by Crippen LogP contribution is 2.40. The summed E-state index contributed by atoms with van der Waals surface area (Å²) in [6.07, 6.45) is 0. The average Bonchev–Trinajstić information content (AvgIpc) is 3.65. The molecule has 0 aliphatic rings. The third-order valence-electron chi connectivity index (χ3n) is 8.41. The second kappa shape index (κ2) is 9.79. The van der Waals surface area contributed by atoms with E-state index in [9.17, 15) is 0 Å². The summed E-state index contributed by atoms with van der Waals surface area (Å²) in [5.74, 6) is 0.702. The van der Waals surface area contributed by atoms with Gasteiger partial charge in [-0.25, -0.2) is 9.97 Å². The van der Waals surface area contributed by atoms with Gasteiger partial charge in [0.05, 0.1) is 22.4 Å². The number of hydrogen-bond acceptors (Lipinski definition) is 3. The summed E-state index contributed by atoms with van der Waals surface area (Å²) in [5, 5.41) is 4.59. The molecule has 0 N–H and O–H groups in total. The van der Waals surface area contributed by atoms with E-state index in [0.29, 0.717) is 5.82 Å². The number of nitrogens with zero attached hydrogens (tertiary/aromatic N) is 3. The number of hydrogen-bond donors (Lipinski definition) is 0. The largest absolute Gasteiger partial charge is 0.454 e. The van der Waals surface area contributed by atoms with Gasteiger partial charge in [0, 0.05) is 43.9 Å². The van der Waals surface area contributed by atoms with E-state index in [2.05, 4.69) is 108 Å². The Hall–Kier alpha value is -6.00.